The van der Waals surface area contributed by atoms with Crippen molar-refractivity contribution in [2.75, 3.05) is 11.1 Å². The van der Waals surface area contributed by atoms with Gasteiger partial charge in [0, 0.05) is 10.7 Å². The third-order valence-corrected chi connectivity index (χ3v) is 3.80. The lowest BCUT2D eigenvalue weighted by Gasteiger charge is -2.11. The van der Waals surface area contributed by atoms with Crippen LogP contribution in [0.3, 0.4) is 0 Å². The summed E-state index contributed by atoms with van der Waals surface area (Å²) in [7, 11) is 0. The van der Waals surface area contributed by atoms with Crippen LogP contribution in [0.5, 0.6) is 0 Å². The van der Waals surface area contributed by atoms with Crippen molar-refractivity contribution in [3.05, 3.63) is 29.3 Å². The second kappa shape index (κ2) is 7.62. The van der Waals surface area contributed by atoms with Crippen molar-refractivity contribution < 1.29 is 4.79 Å². The molecule has 0 heterocycles. The highest BCUT2D eigenvalue weighted by Gasteiger charge is 2.12. The second-order valence-corrected chi connectivity index (χ2v) is 5.75. The molecule has 17 heavy (non-hydrogen) atoms. The monoisotopic (exact) mass is 271 g/mol. The molecule has 1 aromatic rings. The minimum Gasteiger partial charge on any atom is -0.325 e. The SMILES string of the molecule is CCCCSC(C)C(=O)Nc1cccc(Cl)c1. The number of halogens is 1. The van der Waals surface area contributed by atoms with E-state index in [2.05, 4.69) is 12.2 Å². The minimum absolute atomic E-state index is 0.0273. The quantitative estimate of drug-likeness (QED) is 0.786. The maximum atomic E-state index is 11.8. The molecule has 1 unspecified atom stereocenters. The van der Waals surface area contributed by atoms with E-state index < -0.39 is 0 Å². The van der Waals surface area contributed by atoms with Crippen molar-refractivity contribution in [2.45, 2.75) is 31.9 Å². The number of hydrogen-bond donors (Lipinski definition) is 1. The molecule has 2 nitrogen and oxygen atoms in total. The molecule has 94 valence electrons. The van der Waals surface area contributed by atoms with Crippen LogP contribution in [-0.2, 0) is 4.79 Å². The number of nitrogens with one attached hydrogen (secondary N) is 1. The van der Waals surface area contributed by atoms with Crippen LogP contribution in [0.2, 0.25) is 5.02 Å². The van der Waals surface area contributed by atoms with Crippen molar-refractivity contribution in [2.24, 2.45) is 0 Å². The van der Waals surface area contributed by atoms with Gasteiger partial charge in [-0.25, -0.2) is 0 Å². The van der Waals surface area contributed by atoms with Gasteiger partial charge in [0.15, 0.2) is 0 Å². The van der Waals surface area contributed by atoms with E-state index in [0.717, 1.165) is 24.3 Å². The maximum Gasteiger partial charge on any atom is 0.237 e. The van der Waals surface area contributed by atoms with E-state index in [1.54, 1.807) is 23.9 Å². The molecule has 1 atom stereocenters. The van der Waals surface area contributed by atoms with Crippen LogP contribution in [0.25, 0.3) is 0 Å². The predicted octanol–water partition coefficient (Wildman–Crippen LogP) is 4.20. The smallest absolute Gasteiger partial charge is 0.237 e. The fourth-order valence-electron chi connectivity index (χ4n) is 1.29. The van der Waals surface area contributed by atoms with Crippen LogP contribution in [0.15, 0.2) is 24.3 Å². The molecule has 4 heteroatoms. The Morgan fingerprint density at radius 3 is 2.94 bits per heavy atom. The summed E-state index contributed by atoms with van der Waals surface area (Å²) in [5, 5.41) is 3.47. The molecule has 0 saturated heterocycles. The molecule has 1 rings (SSSR count). The van der Waals surface area contributed by atoms with Crippen LogP contribution >= 0.6 is 23.4 Å². The number of benzene rings is 1. The molecular formula is C13H18ClNOS. The Morgan fingerprint density at radius 2 is 2.29 bits per heavy atom. The largest absolute Gasteiger partial charge is 0.325 e. The first-order chi connectivity index (χ1) is 8.13. The van der Waals surface area contributed by atoms with E-state index in [0.29, 0.717) is 5.02 Å². The van der Waals surface area contributed by atoms with Crippen molar-refractivity contribution in [3.8, 4) is 0 Å². The Kier molecular flexibility index (Phi) is 6.45. The highest BCUT2D eigenvalue weighted by Crippen LogP contribution is 2.18. The van der Waals surface area contributed by atoms with Gasteiger partial charge in [0.05, 0.1) is 5.25 Å². The minimum atomic E-state index is -0.0273. The molecule has 0 aliphatic carbocycles. The summed E-state index contributed by atoms with van der Waals surface area (Å²) in [6.07, 6.45) is 2.31. The Balaban J connectivity index is 2.43. The van der Waals surface area contributed by atoms with Gasteiger partial charge in [0.1, 0.15) is 0 Å². The molecule has 0 spiro atoms. The van der Waals surface area contributed by atoms with E-state index >= 15 is 0 Å². The predicted molar refractivity (Wildman–Crippen MR) is 76.9 cm³/mol. The molecule has 0 aliphatic rings. The zero-order valence-corrected chi connectivity index (χ0v) is 11.8. The molecular weight excluding hydrogens is 254 g/mol. The zero-order chi connectivity index (χ0) is 12.7. The molecule has 0 bridgehead atoms. The van der Waals surface area contributed by atoms with Crippen LogP contribution < -0.4 is 5.32 Å². The summed E-state index contributed by atoms with van der Waals surface area (Å²) in [4.78, 5) is 11.8. The van der Waals surface area contributed by atoms with Gasteiger partial charge in [0.2, 0.25) is 5.91 Å². The lowest BCUT2D eigenvalue weighted by Crippen LogP contribution is -2.22. The fourth-order valence-corrected chi connectivity index (χ4v) is 2.50. The summed E-state index contributed by atoms with van der Waals surface area (Å²) < 4.78 is 0. The number of unbranched alkanes of at least 4 members (excludes halogenated alkanes) is 1. The number of carbonyl (C=O) groups is 1. The summed E-state index contributed by atoms with van der Waals surface area (Å²) in [5.74, 6) is 1.06. The van der Waals surface area contributed by atoms with Gasteiger partial charge in [-0.1, -0.05) is 31.0 Å². The standard InChI is InChI=1S/C13H18ClNOS/c1-3-4-8-17-10(2)13(16)15-12-7-5-6-11(14)9-12/h5-7,9-10H,3-4,8H2,1-2H3,(H,15,16). The van der Waals surface area contributed by atoms with Crippen LogP contribution in [-0.4, -0.2) is 16.9 Å². The summed E-state index contributed by atoms with van der Waals surface area (Å²) in [5.41, 5.74) is 0.755. The fraction of sp³-hybridized carbons (Fsp3) is 0.462. The number of hydrogen-bond acceptors (Lipinski definition) is 2. The van der Waals surface area contributed by atoms with Gasteiger partial charge in [-0.15, -0.1) is 11.8 Å². The van der Waals surface area contributed by atoms with E-state index in [1.807, 2.05) is 19.1 Å². The first-order valence-corrected chi connectivity index (χ1v) is 7.24. The second-order valence-electron chi connectivity index (χ2n) is 3.87. The molecule has 0 aromatic heterocycles. The Bertz CT molecular complexity index is 370. The summed E-state index contributed by atoms with van der Waals surface area (Å²) in [6.45, 7) is 4.08. The lowest BCUT2D eigenvalue weighted by molar-refractivity contribution is -0.115. The van der Waals surface area contributed by atoms with Crippen molar-refractivity contribution in [1.29, 1.82) is 0 Å². The zero-order valence-electron chi connectivity index (χ0n) is 10.2. The van der Waals surface area contributed by atoms with E-state index in [1.165, 1.54) is 0 Å². The van der Waals surface area contributed by atoms with Gasteiger partial charge >= 0.3 is 0 Å². The normalized spacial score (nSPS) is 12.2. The molecule has 0 aliphatic heterocycles. The third-order valence-electron chi connectivity index (χ3n) is 2.33. The van der Waals surface area contributed by atoms with Gasteiger partial charge in [-0.05, 0) is 37.3 Å². The van der Waals surface area contributed by atoms with Crippen LogP contribution in [0.1, 0.15) is 26.7 Å². The van der Waals surface area contributed by atoms with Gasteiger partial charge in [-0.3, -0.25) is 4.79 Å². The lowest BCUT2D eigenvalue weighted by atomic mass is 10.3. The summed E-state index contributed by atoms with van der Waals surface area (Å²) in [6, 6.07) is 7.21. The Labute approximate surface area is 112 Å². The topological polar surface area (TPSA) is 29.1 Å². The Morgan fingerprint density at radius 1 is 1.53 bits per heavy atom. The van der Waals surface area contributed by atoms with Crippen LogP contribution in [0.4, 0.5) is 5.69 Å². The van der Waals surface area contributed by atoms with E-state index in [9.17, 15) is 4.79 Å². The molecule has 1 aromatic carbocycles. The average molecular weight is 272 g/mol. The number of amides is 1. The van der Waals surface area contributed by atoms with Crippen LogP contribution in [0, 0.1) is 0 Å². The van der Waals surface area contributed by atoms with Gasteiger partial charge in [-0.2, -0.15) is 0 Å². The number of carbonyl (C=O) groups excluding carboxylic acids is 1. The first kappa shape index (κ1) is 14.4. The van der Waals surface area contributed by atoms with Gasteiger partial charge < -0.3 is 5.32 Å². The highest BCUT2D eigenvalue weighted by atomic mass is 35.5. The van der Waals surface area contributed by atoms with E-state index in [4.69, 9.17) is 11.6 Å². The Hall–Kier alpha value is -0.670. The van der Waals surface area contributed by atoms with Gasteiger partial charge in [0.25, 0.3) is 0 Å². The average Bonchev–Trinajstić information content (AvgIpc) is 2.29. The molecule has 1 amide bonds. The molecule has 0 fully saturated rings. The van der Waals surface area contributed by atoms with Crippen molar-refractivity contribution >= 4 is 35.0 Å². The molecule has 0 radical (unpaired) electrons. The number of anilines is 1. The van der Waals surface area contributed by atoms with E-state index in [-0.39, 0.29) is 11.2 Å². The summed E-state index contributed by atoms with van der Waals surface area (Å²) >= 11 is 7.54. The molecule has 0 saturated carbocycles. The number of rotatable bonds is 6. The van der Waals surface area contributed by atoms with Crippen molar-refractivity contribution in [3.63, 3.8) is 0 Å². The maximum absolute atomic E-state index is 11.8. The third kappa shape index (κ3) is 5.46. The number of thioether (sulfide) groups is 1. The highest BCUT2D eigenvalue weighted by molar-refractivity contribution is 8.00. The molecule has 1 N–H and O–H groups in total. The van der Waals surface area contributed by atoms with Crippen molar-refractivity contribution in [1.82, 2.24) is 0 Å². The first-order valence-electron chi connectivity index (χ1n) is 5.81.